The molecule has 20 heavy (non-hydrogen) atoms. The molecule has 2 rings (SSSR count). The number of carbonyl (C=O) groups is 1. The van der Waals surface area contributed by atoms with Crippen molar-refractivity contribution < 1.29 is 13.6 Å². The highest BCUT2D eigenvalue weighted by Crippen LogP contribution is 2.23. The van der Waals surface area contributed by atoms with Gasteiger partial charge in [0, 0.05) is 11.8 Å². The molecule has 0 atom stereocenters. The van der Waals surface area contributed by atoms with Crippen LogP contribution in [0.4, 0.5) is 20.2 Å². The molecule has 1 heterocycles. The number of hydrogen-bond donors (Lipinski definition) is 3. The molecule has 0 spiro atoms. The smallest absolute Gasteiger partial charge is 0.278 e. The topological polar surface area (TPSA) is 83.8 Å². The number of aromatic nitrogens is 2. The lowest BCUT2D eigenvalue weighted by atomic mass is 10.1. The quantitative estimate of drug-likeness (QED) is 0.808. The highest BCUT2D eigenvalue weighted by atomic mass is 19.2. The van der Waals surface area contributed by atoms with E-state index in [1.165, 1.54) is 6.07 Å². The van der Waals surface area contributed by atoms with Gasteiger partial charge in [-0.2, -0.15) is 5.10 Å². The summed E-state index contributed by atoms with van der Waals surface area (Å²) in [5.74, 6) is -2.52. The van der Waals surface area contributed by atoms with Crippen molar-refractivity contribution in [3.63, 3.8) is 0 Å². The van der Waals surface area contributed by atoms with Crippen LogP contribution >= 0.6 is 0 Å². The molecule has 5 nitrogen and oxygen atoms in total. The SMILES string of the molecule is CC(C)c1[nH]nc(C(=O)Nc2ccc(F)c(F)c2)c1N. The van der Waals surface area contributed by atoms with Crippen molar-refractivity contribution in [1.82, 2.24) is 10.2 Å². The zero-order valence-corrected chi connectivity index (χ0v) is 11.0. The van der Waals surface area contributed by atoms with Crippen LogP contribution in [0.15, 0.2) is 18.2 Å². The van der Waals surface area contributed by atoms with E-state index in [1.54, 1.807) is 0 Å². The molecule has 0 bridgehead atoms. The molecule has 4 N–H and O–H groups in total. The van der Waals surface area contributed by atoms with Crippen LogP contribution in [-0.4, -0.2) is 16.1 Å². The van der Waals surface area contributed by atoms with Crippen molar-refractivity contribution in [2.75, 3.05) is 11.1 Å². The number of nitrogen functional groups attached to an aromatic ring is 1. The molecule has 0 aliphatic carbocycles. The fraction of sp³-hybridized carbons (Fsp3) is 0.231. The molecule has 0 saturated carbocycles. The van der Waals surface area contributed by atoms with Gasteiger partial charge in [0.1, 0.15) is 0 Å². The number of rotatable bonds is 3. The minimum atomic E-state index is -1.04. The normalized spacial score (nSPS) is 10.8. The summed E-state index contributed by atoms with van der Waals surface area (Å²) in [5.41, 5.74) is 6.88. The zero-order valence-electron chi connectivity index (χ0n) is 11.0. The van der Waals surface area contributed by atoms with Gasteiger partial charge in [-0.3, -0.25) is 9.89 Å². The minimum absolute atomic E-state index is 0.0263. The van der Waals surface area contributed by atoms with Crippen LogP contribution in [0.25, 0.3) is 0 Å². The minimum Gasteiger partial charge on any atom is -0.395 e. The molecular formula is C13H14F2N4O. The maximum atomic E-state index is 13.0. The van der Waals surface area contributed by atoms with E-state index in [4.69, 9.17) is 5.73 Å². The maximum absolute atomic E-state index is 13.0. The Balaban J connectivity index is 2.22. The van der Waals surface area contributed by atoms with E-state index < -0.39 is 17.5 Å². The molecule has 0 aliphatic rings. The number of nitrogens with zero attached hydrogens (tertiary/aromatic N) is 1. The Morgan fingerprint density at radius 2 is 2.05 bits per heavy atom. The summed E-state index contributed by atoms with van der Waals surface area (Å²) in [6.07, 6.45) is 0. The Morgan fingerprint density at radius 3 is 2.60 bits per heavy atom. The van der Waals surface area contributed by atoms with Gasteiger partial charge in [0.05, 0.1) is 11.4 Å². The molecule has 0 saturated heterocycles. The number of aromatic amines is 1. The molecule has 0 fully saturated rings. The Kier molecular flexibility index (Phi) is 3.69. The second-order valence-electron chi connectivity index (χ2n) is 4.64. The van der Waals surface area contributed by atoms with Crippen molar-refractivity contribution in [1.29, 1.82) is 0 Å². The monoisotopic (exact) mass is 280 g/mol. The Hall–Kier alpha value is -2.44. The maximum Gasteiger partial charge on any atom is 0.278 e. The molecular weight excluding hydrogens is 266 g/mol. The molecule has 0 unspecified atom stereocenters. The van der Waals surface area contributed by atoms with Crippen LogP contribution < -0.4 is 11.1 Å². The van der Waals surface area contributed by atoms with E-state index in [1.807, 2.05) is 13.8 Å². The molecule has 106 valence electrons. The first kappa shape index (κ1) is 14.0. The van der Waals surface area contributed by atoms with Crippen LogP contribution in [0.2, 0.25) is 0 Å². The number of benzene rings is 1. The largest absolute Gasteiger partial charge is 0.395 e. The molecule has 2 aromatic rings. The zero-order chi connectivity index (χ0) is 14.9. The average Bonchev–Trinajstić information content (AvgIpc) is 2.76. The number of halogens is 2. The number of anilines is 2. The number of amides is 1. The van der Waals surface area contributed by atoms with Crippen LogP contribution in [0, 0.1) is 11.6 Å². The lowest BCUT2D eigenvalue weighted by Crippen LogP contribution is -2.14. The van der Waals surface area contributed by atoms with Gasteiger partial charge in [0.25, 0.3) is 5.91 Å². The Morgan fingerprint density at radius 1 is 1.35 bits per heavy atom. The summed E-state index contributed by atoms with van der Waals surface area (Å²) in [6.45, 7) is 3.81. The van der Waals surface area contributed by atoms with E-state index in [2.05, 4.69) is 15.5 Å². The van der Waals surface area contributed by atoms with Crippen LogP contribution in [-0.2, 0) is 0 Å². The summed E-state index contributed by atoms with van der Waals surface area (Å²) < 4.78 is 25.8. The van der Waals surface area contributed by atoms with Crippen molar-refractivity contribution in [3.8, 4) is 0 Å². The summed E-state index contributed by atoms with van der Waals surface area (Å²) >= 11 is 0. The number of hydrogen-bond acceptors (Lipinski definition) is 3. The highest BCUT2D eigenvalue weighted by Gasteiger charge is 2.19. The summed E-state index contributed by atoms with van der Waals surface area (Å²) in [6, 6.07) is 3.07. The molecule has 0 aliphatic heterocycles. The van der Waals surface area contributed by atoms with Gasteiger partial charge in [0.15, 0.2) is 17.3 Å². The average molecular weight is 280 g/mol. The number of nitrogens with one attached hydrogen (secondary N) is 2. The van der Waals surface area contributed by atoms with E-state index in [9.17, 15) is 13.6 Å². The third-order valence-electron chi connectivity index (χ3n) is 2.80. The van der Waals surface area contributed by atoms with Crippen molar-refractivity contribution >= 4 is 17.3 Å². The molecule has 1 amide bonds. The molecule has 7 heteroatoms. The van der Waals surface area contributed by atoms with E-state index >= 15 is 0 Å². The predicted octanol–water partition coefficient (Wildman–Crippen LogP) is 2.65. The summed E-state index contributed by atoms with van der Waals surface area (Å²) in [5, 5.41) is 8.95. The Bertz CT molecular complexity index is 652. The first-order valence-corrected chi connectivity index (χ1v) is 6.00. The van der Waals surface area contributed by atoms with Gasteiger partial charge in [-0.1, -0.05) is 13.8 Å². The van der Waals surface area contributed by atoms with Crippen LogP contribution in [0.5, 0.6) is 0 Å². The fourth-order valence-electron chi connectivity index (χ4n) is 1.74. The number of nitrogens with two attached hydrogens (primary N) is 1. The summed E-state index contributed by atoms with van der Waals surface area (Å²) in [4.78, 5) is 12.0. The number of H-pyrrole nitrogens is 1. The van der Waals surface area contributed by atoms with Gasteiger partial charge >= 0.3 is 0 Å². The molecule has 1 aromatic carbocycles. The third kappa shape index (κ3) is 2.61. The van der Waals surface area contributed by atoms with Gasteiger partial charge in [-0.05, 0) is 18.1 Å². The van der Waals surface area contributed by atoms with E-state index in [0.717, 1.165) is 12.1 Å². The van der Waals surface area contributed by atoms with E-state index in [-0.39, 0.29) is 23.0 Å². The molecule has 0 radical (unpaired) electrons. The van der Waals surface area contributed by atoms with E-state index in [0.29, 0.717) is 5.69 Å². The van der Waals surface area contributed by atoms with Crippen molar-refractivity contribution in [2.45, 2.75) is 19.8 Å². The first-order valence-electron chi connectivity index (χ1n) is 6.00. The lowest BCUT2D eigenvalue weighted by Gasteiger charge is -2.05. The van der Waals surface area contributed by atoms with Crippen molar-refractivity contribution in [2.24, 2.45) is 0 Å². The lowest BCUT2D eigenvalue weighted by molar-refractivity contribution is 0.102. The second kappa shape index (κ2) is 5.28. The second-order valence-corrected chi connectivity index (χ2v) is 4.64. The predicted molar refractivity (Wildman–Crippen MR) is 71.4 cm³/mol. The van der Waals surface area contributed by atoms with Gasteiger partial charge < -0.3 is 11.1 Å². The molecule has 1 aromatic heterocycles. The van der Waals surface area contributed by atoms with Gasteiger partial charge in [0.2, 0.25) is 0 Å². The van der Waals surface area contributed by atoms with Crippen LogP contribution in [0.3, 0.4) is 0 Å². The Labute approximate surface area is 114 Å². The summed E-state index contributed by atoms with van der Waals surface area (Å²) in [7, 11) is 0. The third-order valence-corrected chi connectivity index (χ3v) is 2.80. The highest BCUT2D eigenvalue weighted by molar-refractivity contribution is 6.06. The van der Waals surface area contributed by atoms with Crippen molar-refractivity contribution in [3.05, 3.63) is 41.2 Å². The van der Waals surface area contributed by atoms with Crippen LogP contribution in [0.1, 0.15) is 35.9 Å². The standard InChI is InChI=1S/C13H14F2N4O/c1-6(2)11-10(16)12(19-18-11)13(20)17-7-3-4-8(14)9(15)5-7/h3-6H,16H2,1-2H3,(H,17,20)(H,18,19). The van der Waals surface area contributed by atoms with Gasteiger partial charge in [-0.15, -0.1) is 0 Å². The van der Waals surface area contributed by atoms with Gasteiger partial charge in [-0.25, -0.2) is 8.78 Å². The fourth-order valence-corrected chi connectivity index (χ4v) is 1.74. The first-order chi connectivity index (χ1) is 9.40. The number of carbonyl (C=O) groups excluding carboxylic acids is 1.